The van der Waals surface area contributed by atoms with Crippen LogP contribution in [0, 0.1) is 5.92 Å². The fraction of sp³-hybridized carbons (Fsp3) is 0.769. The van der Waals surface area contributed by atoms with Gasteiger partial charge in [0.2, 0.25) is 0 Å². The molecule has 0 bridgehead atoms. The first-order valence-corrected chi connectivity index (χ1v) is 7.23. The summed E-state index contributed by atoms with van der Waals surface area (Å²) in [5.41, 5.74) is 3.47. The van der Waals surface area contributed by atoms with Gasteiger partial charge in [-0.15, -0.1) is 0 Å². The number of hydrogen-bond acceptors (Lipinski definition) is 2. The molecule has 0 saturated carbocycles. The molecule has 0 aromatic carbocycles. The molecule has 16 heavy (non-hydrogen) atoms. The third-order valence-electron chi connectivity index (χ3n) is 2.81. The highest BCUT2D eigenvalue weighted by Crippen LogP contribution is 2.20. The van der Waals surface area contributed by atoms with E-state index < -0.39 is 0 Å². The zero-order valence-corrected chi connectivity index (χ0v) is 13.2. The number of alkyl halides is 1. The monoisotopic (exact) mass is 337 g/mol. The molecule has 1 N–H and O–H groups in total. The number of aliphatic imine (C=N–C) groups is 1. The summed E-state index contributed by atoms with van der Waals surface area (Å²) in [5.74, 6) is 0.466. The van der Waals surface area contributed by atoms with Crippen molar-refractivity contribution in [3.05, 3.63) is 11.1 Å². The zero-order chi connectivity index (χ0) is 12.7. The molecule has 2 atom stereocenters. The molecule has 2 nitrogen and oxygen atoms in total. The molecule has 0 radical (unpaired) electrons. The van der Waals surface area contributed by atoms with Crippen LogP contribution in [0.5, 0.6) is 0 Å². The van der Waals surface area contributed by atoms with Crippen molar-refractivity contribution in [3.63, 3.8) is 0 Å². The summed E-state index contributed by atoms with van der Waals surface area (Å²) in [7, 11) is 0. The first-order valence-electron chi connectivity index (χ1n) is 5.99. The molecular weight excluding hydrogens is 313 g/mol. The quantitative estimate of drug-likeness (QED) is 0.338. The summed E-state index contributed by atoms with van der Waals surface area (Å²) in [6, 6.07) is 0. The Kier molecular flexibility index (Phi) is 8.28. The maximum absolute atomic E-state index is 9.26. The van der Waals surface area contributed by atoms with E-state index in [4.69, 9.17) is 4.99 Å². The van der Waals surface area contributed by atoms with Gasteiger partial charge in [-0.3, -0.25) is 4.99 Å². The fourth-order valence-corrected chi connectivity index (χ4v) is 1.98. The first-order chi connectivity index (χ1) is 7.47. The van der Waals surface area contributed by atoms with E-state index in [0.29, 0.717) is 5.92 Å². The van der Waals surface area contributed by atoms with E-state index in [0.717, 1.165) is 18.4 Å². The van der Waals surface area contributed by atoms with Crippen molar-refractivity contribution in [1.29, 1.82) is 0 Å². The largest absolute Gasteiger partial charge is 0.392 e. The highest BCUT2D eigenvalue weighted by atomic mass is 127. The predicted molar refractivity (Wildman–Crippen MR) is 80.4 cm³/mol. The van der Waals surface area contributed by atoms with Crippen LogP contribution in [0.2, 0.25) is 0 Å². The maximum Gasteiger partial charge on any atom is 0.0986 e. The van der Waals surface area contributed by atoms with Gasteiger partial charge in [0.1, 0.15) is 0 Å². The van der Waals surface area contributed by atoms with Gasteiger partial charge in [-0.25, -0.2) is 0 Å². The highest BCUT2D eigenvalue weighted by molar-refractivity contribution is 14.1. The molecule has 0 aliphatic heterocycles. The number of aliphatic hydroxyl groups is 1. The molecule has 0 heterocycles. The van der Waals surface area contributed by atoms with Crippen molar-refractivity contribution in [1.82, 2.24) is 0 Å². The van der Waals surface area contributed by atoms with E-state index in [1.54, 1.807) is 0 Å². The molecule has 94 valence electrons. The van der Waals surface area contributed by atoms with Gasteiger partial charge in [-0.2, -0.15) is 0 Å². The third kappa shape index (κ3) is 4.95. The lowest BCUT2D eigenvalue weighted by molar-refractivity contribution is 0.330. The van der Waals surface area contributed by atoms with Crippen molar-refractivity contribution in [3.8, 4) is 0 Å². The van der Waals surface area contributed by atoms with E-state index in [-0.39, 0.29) is 10.7 Å². The summed E-state index contributed by atoms with van der Waals surface area (Å²) in [6.07, 6.45) is 2.03. The smallest absolute Gasteiger partial charge is 0.0986 e. The van der Waals surface area contributed by atoms with Crippen molar-refractivity contribution in [2.45, 2.75) is 51.5 Å². The average Bonchev–Trinajstić information content (AvgIpc) is 2.26. The normalized spacial score (nSPS) is 18.1. The Balaban J connectivity index is 5.32. The van der Waals surface area contributed by atoms with Crippen LogP contribution < -0.4 is 0 Å². The predicted octanol–water partition coefficient (Wildman–Crippen LogP) is 3.97. The van der Waals surface area contributed by atoms with Gasteiger partial charge in [0.25, 0.3) is 0 Å². The second kappa shape index (κ2) is 8.23. The van der Waals surface area contributed by atoms with Crippen LogP contribution in [0.15, 0.2) is 16.1 Å². The number of nitrogens with zero attached hydrogens (tertiary/aromatic N) is 1. The van der Waals surface area contributed by atoms with E-state index in [1.807, 2.05) is 6.92 Å². The molecule has 0 saturated heterocycles. The molecule has 0 amide bonds. The summed E-state index contributed by atoms with van der Waals surface area (Å²) >= 11 is 2.32. The van der Waals surface area contributed by atoms with Crippen LogP contribution >= 0.6 is 22.6 Å². The Morgan fingerprint density at radius 1 is 1.31 bits per heavy atom. The first kappa shape index (κ1) is 16.1. The van der Waals surface area contributed by atoms with Crippen molar-refractivity contribution >= 4 is 28.3 Å². The fourth-order valence-electron chi connectivity index (χ4n) is 1.68. The van der Waals surface area contributed by atoms with Crippen LogP contribution in [0.1, 0.15) is 47.5 Å². The molecule has 0 aliphatic rings. The van der Waals surface area contributed by atoms with Gasteiger partial charge >= 0.3 is 0 Å². The zero-order valence-electron chi connectivity index (χ0n) is 11.0. The van der Waals surface area contributed by atoms with Gasteiger partial charge in [0, 0.05) is 5.71 Å². The van der Waals surface area contributed by atoms with Gasteiger partial charge in [0.05, 0.1) is 10.7 Å². The molecule has 3 heteroatoms. The Morgan fingerprint density at radius 3 is 2.19 bits per heavy atom. The molecule has 0 rings (SSSR count). The van der Waals surface area contributed by atoms with Crippen molar-refractivity contribution < 1.29 is 5.11 Å². The third-order valence-corrected chi connectivity index (χ3v) is 3.09. The summed E-state index contributed by atoms with van der Waals surface area (Å²) in [4.78, 5) is 4.72. The van der Waals surface area contributed by atoms with Gasteiger partial charge in [-0.1, -0.05) is 43.4 Å². The highest BCUT2D eigenvalue weighted by Gasteiger charge is 2.15. The Bertz CT molecular complexity index is 269. The summed E-state index contributed by atoms with van der Waals surface area (Å²) < 4.78 is 0.287. The Labute approximate surface area is 113 Å². The number of aliphatic hydroxyl groups excluding tert-OH is 1. The number of halogens is 1. The topological polar surface area (TPSA) is 32.6 Å². The average molecular weight is 337 g/mol. The molecule has 0 fully saturated rings. The molecule has 0 aromatic rings. The van der Waals surface area contributed by atoms with Crippen LogP contribution in [0.25, 0.3) is 0 Å². The molecule has 1 unspecified atom stereocenters. The lowest BCUT2D eigenvalue weighted by Crippen LogP contribution is -2.17. The van der Waals surface area contributed by atoms with E-state index in [9.17, 15) is 5.11 Å². The minimum Gasteiger partial charge on any atom is -0.392 e. The lowest BCUT2D eigenvalue weighted by Gasteiger charge is -2.18. The molecule has 0 spiro atoms. The number of hydrogen-bond donors (Lipinski definition) is 1. The maximum atomic E-state index is 9.26. The van der Waals surface area contributed by atoms with Crippen molar-refractivity contribution in [2.24, 2.45) is 10.9 Å². The van der Waals surface area contributed by atoms with E-state index >= 15 is 0 Å². The number of allylic oxidation sites excluding steroid dienone is 1. The van der Waals surface area contributed by atoms with Crippen LogP contribution in [-0.2, 0) is 0 Å². The SMILES string of the molecule is CCC(/C(=N\C(C)I)[C@@H](C)CC)=C(/C)CO. The van der Waals surface area contributed by atoms with Gasteiger partial charge < -0.3 is 5.11 Å². The van der Waals surface area contributed by atoms with E-state index in [2.05, 4.69) is 50.3 Å². The second-order valence-electron chi connectivity index (χ2n) is 4.17. The minimum atomic E-state index is 0.133. The van der Waals surface area contributed by atoms with Crippen LogP contribution in [0.3, 0.4) is 0 Å². The standard InChI is InChI=1S/C13H24INO/c1-6-9(3)13(15-11(5)14)12(7-2)10(4)8-16/h9,11,16H,6-8H2,1-5H3/b12-10+,15-13-/t9-,11?/m0/s1. The summed E-state index contributed by atoms with van der Waals surface area (Å²) in [5, 5.41) is 9.26. The second-order valence-corrected chi connectivity index (χ2v) is 5.97. The Hall–Kier alpha value is 0.1000. The molecular formula is C13H24INO. The van der Waals surface area contributed by atoms with Gasteiger partial charge in [0.15, 0.2) is 0 Å². The van der Waals surface area contributed by atoms with Crippen molar-refractivity contribution in [2.75, 3.05) is 6.61 Å². The van der Waals surface area contributed by atoms with Crippen LogP contribution in [0.4, 0.5) is 0 Å². The van der Waals surface area contributed by atoms with Crippen LogP contribution in [-0.4, -0.2) is 21.5 Å². The summed E-state index contributed by atoms with van der Waals surface area (Å²) in [6.45, 7) is 10.7. The van der Waals surface area contributed by atoms with Gasteiger partial charge in [-0.05, 0) is 43.8 Å². The molecule has 0 aromatic heterocycles. The minimum absolute atomic E-state index is 0.133. The Morgan fingerprint density at radius 2 is 1.88 bits per heavy atom. The molecule has 0 aliphatic carbocycles. The van der Waals surface area contributed by atoms with E-state index in [1.165, 1.54) is 11.3 Å². The lowest BCUT2D eigenvalue weighted by atomic mass is 9.91. The number of rotatable bonds is 6.